The number of alkyl halides is 3. The minimum absolute atomic E-state index is 0.102. The van der Waals surface area contributed by atoms with Gasteiger partial charge in [0.05, 0.1) is 5.69 Å². The Morgan fingerprint density at radius 3 is 2.37 bits per heavy atom. The molecule has 0 aliphatic carbocycles. The van der Waals surface area contributed by atoms with Gasteiger partial charge < -0.3 is 24.9 Å². The summed E-state index contributed by atoms with van der Waals surface area (Å²) in [5.41, 5.74) is -0.749. The van der Waals surface area contributed by atoms with Crippen molar-refractivity contribution in [3.05, 3.63) is 65.4 Å². The van der Waals surface area contributed by atoms with Crippen LogP contribution in [0.2, 0.25) is 0 Å². The number of piperidine rings is 2. The van der Waals surface area contributed by atoms with Crippen LogP contribution >= 0.6 is 0 Å². The number of urea groups is 1. The van der Waals surface area contributed by atoms with E-state index in [1.807, 2.05) is 4.90 Å². The van der Waals surface area contributed by atoms with E-state index in [4.69, 9.17) is 4.42 Å². The maximum Gasteiger partial charge on any atom is 0.437 e. The standard InChI is InChI=1S/C28H30F4N6O3/c29-20-6-2-3-7-21(20)35-26(40)34-19-10-14-37(15-11-19)23-9-8-18(17-33-23)16-22(39)24-25(28(30,31)32)36-27(41-24)38-12-4-1-5-13-38/h2-3,6-9,17,19H,1,4-5,10-16H2,(H2,34,35,40). The van der Waals surface area contributed by atoms with Gasteiger partial charge in [0.15, 0.2) is 5.69 Å². The summed E-state index contributed by atoms with van der Waals surface area (Å²) in [4.78, 5) is 36.8. The Kier molecular flexibility index (Phi) is 8.41. The van der Waals surface area contributed by atoms with Gasteiger partial charge in [-0.3, -0.25) is 4.79 Å². The van der Waals surface area contributed by atoms with Crippen molar-refractivity contribution in [2.45, 2.75) is 50.7 Å². The number of nitrogens with one attached hydrogen (secondary N) is 2. The van der Waals surface area contributed by atoms with Gasteiger partial charge in [0, 0.05) is 44.8 Å². The van der Waals surface area contributed by atoms with Gasteiger partial charge >= 0.3 is 12.2 Å². The molecule has 2 aliphatic heterocycles. The maximum absolute atomic E-state index is 13.8. The molecule has 41 heavy (non-hydrogen) atoms. The molecule has 0 atom stereocenters. The molecular formula is C28H30F4N6O3. The van der Waals surface area contributed by atoms with Crippen LogP contribution in [0.25, 0.3) is 0 Å². The third kappa shape index (κ3) is 6.95. The van der Waals surface area contributed by atoms with Gasteiger partial charge in [-0.1, -0.05) is 18.2 Å². The molecule has 1 aromatic carbocycles. The molecule has 4 heterocycles. The first-order valence-corrected chi connectivity index (χ1v) is 13.6. The molecule has 3 aromatic rings. The van der Waals surface area contributed by atoms with Crippen molar-refractivity contribution >= 4 is 29.3 Å². The lowest BCUT2D eigenvalue weighted by Gasteiger charge is -2.33. The van der Waals surface area contributed by atoms with E-state index in [1.54, 1.807) is 29.2 Å². The summed E-state index contributed by atoms with van der Waals surface area (Å²) in [5.74, 6) is -1.46. The number of oxazole rings is 1. The van der Waals surface area contributed by atoms with Crippen LogP contribution in [0, 0.1) is 5.82 Å². The molecule has 2 saturated heterocycles. The number of hydrogen-bond acceptors (Lipinski definition) is 7. The number of hydrogen-bond donors (Lipinski definition) is 2. The van der Waals surface area contributed by atoms with Gasteiger partial charge in [-0.2, -0.15) is 18.2 Å². The minimum atomic E-state index is -4.82. The van der Waals surface area contributed by atoms with E-state index in [1.165, 1.54) is 18.3 Å². The van der Waals surface area contributed by atoms with Gasteiger partial charge in [0.2, 0.25) is 11.5 Å². The third-order valence-corrected chi connectivity index (χ3v) is 7.21. The highest BCUT2D eigenvalue weighted by molar-refractivity contribution is 5.96. The molecule has 2 amide bonds. The van der Waals surface area contributed by atoms with Crippen molar-refractivity contribution in [2.75, 3.05) is 41.3 Å². The van der Waals surface area contributed by atoms with Crippen molar-refractivity contribution in [1.82, 2.24) is 15.3 Å². The normalized spacial score (nSPS) is 16.5. The number of aromatic nitrogens is 2. The van der Waals surface area contributed by atoms with Crippen LogP contribution in [0.1, 0.15) is 53.9 Å². The molecule has 2 aromatic heterocycles. The lowest BCUT2D eigenvalue weighted by atomic mass is 10.0. The number of carbonyl (C=O) groups is 2. The van der Waals surface area contributed by atoms with Crippen molar-refractivity contribution in [3.8, 4) is 0 Å². The number of nitrogens with zero attached hydrogens (tertiary/aromatic N) is 4. The van der Waals surface area contributed by atoms with Crippen LogP contribution < -0.4 is 20.4 Å². The van der Waals surface area contributed by atoms with E-state index in [0.717, 1.165) is 19.3 Å². The highest BCUT2D eigenvalue weighted by Crippen LogP contribution is 2.35. The van der Waals surface area contributed by atoms with Gasteiger partial charge in [-0.15, -0.1) is 0 Å². The number of para-hydroxylation sites is 1. The van der Waals surface area contributed by atoms with E-state index in [9.17, 15) is 27.2 Å². The molecule has 2 fully saturated rings. The molecule has 0 radical (unpaired) electrons. The first-order valence-electron chi connectivity index (χ1n) is 13.6. The molecule has 0 saturated carbocycles. The fourth-order valence-electron chi connectivity index (χ4n) is 5.04. The highest BCUT2D eigenvalue weighted by atomic mass is 19.4. The molecular weight excluding hydrogens is 544 g/mol. The number of rotatable bonds is 7. The number of amides is 2. The summed E-state index contributed by atoms with van der Waals surface area (Å²) in [6.45, 7) is 2.26. The number of ketones is 1. The fourth-order valence-corrected chi connectivity index (χ4v) is 5.04. The SMILES string of the molecule is O=C(Nc1ccccc1F)NC1CCN(c2ccc(CC(=O)c3oc(N4CCCCC4)nc3C(F)(F)F)cn2)CC1. The van der Waals surface area contributed by atoms with Crippen LogP contribution in [0.5, 0.6) is 0 Å². The Balaban J connectivity index is 1.16. The zero-order valence-corrected chi connectivity index (χ0v) is 22.2. The first kappa shape index (κ1) is 28.4. The van der Waals surface area contributed by atoms with E-state index < -0.39 is 35.3 Å². The summed E-state index contributed by atoms with van der Waals surface area (Å²) < 4.78 is 60.1. The van der Waals surface area contributed by atoms with Gasteiger partial charge in [-0.05, 0) is 55.9 Å². The van der Waals surface area contributed by atoms with E-state index in [2.05, 4.69) is 20.6 Å². The molecule has 0 bridgehead atoms. The van der Waals surface area contributed by atoms with Crippen molar-refractivity contribution in [1.29, 1.82) is 0 Å². The third-order valence-electron chi connectivity index (χ3n) is 7.21. The number of benzene rings is 1. The average Bonchev–Trinajstić information content (AvgIpc) is 3.43. The van der Waals surface area contributed by atoms with Crippen molar-refractivity contribution < 1.29 is 31.6 Å². The second-order valence-electron chi connectivity index (χ2n) is 10.2. The fraction of sp³-hybridized carbons (Fsp3) is 0.429. The second kappa shape index (κ2) is 12.1. The Hall–Kier alpha value is -4.16. The molecule has 2 N–H and O–H groups in total. The predicted molar refractivity (Wildman–Crippen MR) is 144 cm³/mol. The smallest absolute Gasteiger partial charge is 0.420 e. The Bertz CT molecular complexity index is 1360. The number of Topliss-reactive ketones (excluding diaryl/α,β-unsaturated/α-hetero) is 1. The van der Waals surface area contributed by atoms with Crippen LogP contribution in [-0.2, 0) is 12.6 Å². The Morgan fingerprint density at radius 2 is 1.71 bits per heavy atom. The molecule has 2 aliphatic rings. The topological polar surface area (TPSA) is 104 Å². The summed E-state index contributed by atoms with van der Waals surface area (Å²) in [7, 11) is 0. The first-order chi connectivity index (χ1) is 19.7. The number of halogens is 4. The zero-order valence-electron chi connectivity index (χ0n) is 22.2. The summed E-state index contributed by atoms with van der Waals surface area (Å²) in [6, 6.07) is 8.53. The monoisotopic (exact) mass is 574 g/mol. The largest absolute Gasteiger partial charge is 0.437 e. The predicted octanol–water partition coefficient (Wildman–Crippen LogP) is 5.43. The zero-order chi connectivity index (χ0) is 29.0. The van der Waals surface area contributed by atoms with Gasteiger partial charge in [0.1, 0.15) is 11.6 Å². The van der Waals surface area contributed by atoms with Crippen LogP contribution in [0.15, 0.2) is 47.0 Å². The molecule has 0 unspecified atom stereocenters. The minimum Gasteiger partial charge on any atom is -0.420 e. The Morgan fingerprint density at radius 1 is 0.976 bits per heavy atom. The van der Waals surface area contributed by atoms with Crippen LogP contribution in [-0.4, -0.2) is 54.0 Å². The van der Waals surface area contributed by atoms with Crippen molar-refractivity contribution in [3.63, 3.8) is 0 Å². The number of pyridine rings is 1. The molecule has 218 valence electrons. The average molecular weight is 575 g/mol. The quantitative estimate of drug-likeness (QED) is 0.286. The van der Waals surface area contributed by atoms with E-state index >= 15 is 0 Å². The summed E-state index contributed by atoms with van der Waals surface area (Å²) in [5, 5.41) is 5.36. The molecule has 9 nitrogen and oxygen atoms in total. The van der Waals surface area contributed by atoms with Crippen LogP contribution in [0.3, 0.4) is 0 Å². The molecule has 5 rings (SSSR count). The highest BCUT2D eigenvalue weighted by Gasteiger charge is 2.41. The maximum atomic E-state index is 13.8. The van der Waals surface area contributed by atoms with Gasteiger partial charge in [0.25, 0.3) is 6.01 Å². The number of carbonyl (C=O) groups excluding carboxylic acids is 2. The van der Waals surface area contributed by atoms with Crippen molar-refractivity contribution in [2.24, 2.45) is 0 Å². The number of anilines is 3. The molecule has 0 spiro atoms. The molecule has 13 heteroatoms. The Labute approximate surface area is 233 Å². The van der Waals surface area contributed by atoms with E-state index in [0.29, 0.717) is 50.4 Å². The summed E-state index contributed by atoms with van der Waals surface area (Å²) >= 11 is 0. The lowest BCUT2D eigenvalue weighted by Crippen LogP contribution is -2.46. The lowest BCUT2D eigenvalue weighted by molar-refractivity contribution is -0.141. The second-order valence-corrected chi connectivity index (χ2v) is 10.2. The summed E-state index contributed by atoms with van der Waals surface area (Å²) in [6.07, 6.45) is 0.247. The van der Waals surface area contributed by atoms with Crippen LogP contribution in [0.4, 0.5) is 39.9 Å². The van der Waals surface area contributed by atoms with E-state index in [-0.39, 0.29) is 24.2 Å². The van der Waals surface area contributed by atoms with Gasteiger partial charge in [-0.25, -0.2) is 14.2 Å².